The van der Waals surface area contributed by atoms with Gasteiger partial charge in [0.15, 0.2) is 0 Å². The van der Waals surface area contributed by atoms with Crippen molar-refractivity contribution in [2.45, 2.75) is 6.61 Å². The van der Waals surface area contributed by atoms with Gasteiger partial charge in [-0.2, -0.15) is 0 Å². The van der Waals surface area contributed by atoms with Crippen LogP contribution in [0.5, 0.6) is 0 Å². The molecule has 1 aromatic rings. The number of rotatable bonds is 3. The van der Waals surface area contributed by atoms with Crippen LogP contribution in [0.4, 0.5) is 0 Å². The molecule has 0 saturated heterocycles. The molecule has 0 bridgehead atoms. The van der Waals surface area contributed by atoms with Crippen LogP contribution in [0, 0.1) is 0 Å². The number of carbonyl (C=O) groups excluding carboxylic acids is 1. The lowest BCUT2D eigenvalue weighted by Gasteiger charge is -1.96. The van der Waals surface area contributed by atoms with E-state index < -0.39 is 0 Å². The molecule has 0 fully saturated rings. The summed E-state index contributed by atoms with van der Waals surface area (Å²) in [5.41, 5.74) is 10.6. The van der Waals surface area contributed by atoms with Crippen molar-refractivity contribution in [3.05, 3.63) is 51.4 Å². The van der Waals surface area contributed by atoms with Gasteiger partial charge in [0.25, 0.3) is 0 Å². The van der Waals surface area contributed by atoms with Crippen LogP contribution in [0.3, 0.4) is 0 Å². The van der Waals surface area contributed by atoms with Gasteiger partial charge in [-0.05, 0) is 23.2 Å². The van der Waals surface area contributed by atoms with Crippen LogP contribution in [-0.4, -0.2) is 12.5 Å². The molecule has 0 aliphatic carbocycles. The maximum atomic E-state index is 11.2. The molecule has 0 spiro atoms. The zero-order chi connectivity index (χ0) is 11.4. The summed E-state index contributed by atoms with van der Waals surface area (Å²) >= 11 is 0. The molecule has 1 aliphatic heterocycles. The van der Waals surface area contributed by atoms with Gasteiger partial charge in [0, 0.05) is 17.0 Å². The van der Waals surface area contributed by atoms with Crippen LogP contribution in [0.2, 0.25) is 0 Å². The summed E-state index contributed by atoms with van der Waals surface area (Å²) in [5, 5.41) is 3.39. The molecule has 1 aliphatic rings. The number of carbonyl (C=O) groups is 1. The van der Waals surface area contributed by atoms with Crippen molar-refractivity contribution in [2.75, 3.05) is 6.54 Å². The highest BCUT2D eigenvalue weighted by atomic mass is 16.5. The lowest BCUT2D eigenvalue weighted by atomic mass is 10.1. The summed E-state index contributed by atoms with van der Waals surface area (Å²) in [6, 6.07) is 5.47. The van der Waals surface area contributed by atoms with Crippen molar-refractivity contribution in [1.29, 1.82) is 0 Å². The number of ether oxygens (including phenoxy) is 1. The number of hydrogen-bond donors (Lipinski definition) is 0. The second kappa shape index (κ2) is 4.51. The van der Waals surface area contributed by atoms with Gasteiger partial charge in [-0.1, -0.05) is 23.3 Å². The van der Waals surface area contributed by atoms with E-state index in [0.29, 0.717) is 18.7 Å². The summed E-state index contributed by atoms with van der Waals surface area (Å²) in [5.74, 6) is -0.264. The first-order valence-corrected chi connectivity index (χ1v) is 4.78. The molecule has 2 rings (SSSR count). The molecule has 5 nitrogen and oxygen atoms in total. The first kappa shape index (κ1) is 10.3. The highest BCUT2D eigenvalue weighted by Crippen LogP contribution is 2.21. The molecule has 5 heteroatoms. The van der Waals surface area contributed by atoms with Gasteiger partial charge < -0.3 is 4.74 Å². The quantitative estimate of drug-likeness (QED) is 0.336. The number of benzene rings is 1. The van der Waals surface area contributed by atoms with E-state index >= 15 is 0 Å². The zero-order valence-corrected chi connectivity index (χ0v) is 8.46. The molecule has 1 heterocycles. The second-order valence-electron chi connectivity index (χ2n) is 3.31. The summed E-state index contributed by atoms with van der Waals surface area (Å²) in [7, 11) is 0. The highest BCUT2D eigenvalue weighted by molar-refractivity contribution is 5.93. The fraction of sp³-hybridized carbons (Fsp3) is 0.182. The van der Waals surface area contributed by atoms with E-state index in [-0.39, 0.29) is 5.97 Å². The minimum Gasteiger partial charge on any atom is -0.457 e. The van der Waals surface area contributed by atoms with Crippen LogP contribution < -0.4 is 0 Å². The van der Waals surface area contributed by atoms with E-state index in [2.05, 4.69) is 10.0 Å². The normalized spacial score (nSPS) is 13.4. The largest absolute Gasteiger partial charge is 0.457 e. The molecule has 16 heavy (non-hydrogen) atoms. The van der Waals surface area contributed by atoms with Gasteiger partial charge in [-0.3, -0.25) is 0 Å². The Morgan fingerprint density at radius 1 is 1.56 bits per heavy atom. The Kier molecular flexibility index (Phi) is 2.89. The van der Waals surface area contributed by atoms with Gasteiger partial charge in [-0.25, -0.2) is 4.79 Å². The first-order chi connectivity index (χ1) is 7.81. The molecule has 0 amide bonds. The number of fused-ring (bicyclic) bond motifs is 1. The highest BCUT2D eigenvalue weighted by Gasteiger charge is 2.20. The third-order valence-corrected chi connectivity index (χ3v) is 2.27. The molecular weight excluding hydrogens is 206 g/mol. The molecule has 80 valence electrons. The van der Waals surface area contributed by atoms with Crippen LogP contribution in [0.1, 0.15) is 21.5 Å². The van der Waals surface area contributed by atoms with Crippen LogP contribution >= 0.6 is 0 Å². The smallest absolute Gasteiger partial charge is 0.338 e. The van der Waals surface area contributed by atoms with Crippen molar-refractivity contribution in [3.8, 4) is 0 Å². The predicted molar refractivity (Wildman–Crippen MR) is 58.6 cm³/mol. The average Bonchev–Trinajstić information content (AvgIpc) is 2.66. The monoisotopic (exact) mass is 215 g/mol. The molecule has 0 aromatic heterocycles. The Labute approximate surface area is 92.0 Å². The molecule has 0 unspecified atom stereocenters. The summed E-state index contributed by atoms with van der Waals surface area (Å²) in [6.07, 6.45) is 3.61. The maximum Gasteiger partial charge on any atom is 0.338 e. The molecular formula is C11H9N3O2. The topological polar surface area (TPSA) is 75.1 Å². The van der Waals surface area contributed by atoms with Gasteiger partial charge in [0.05, 0.1) is 5.56 Å². The van der Waals surface area contributed by atoms with Crippen LogP contribution in [-0.2, 0) is 11.3 Å². The minimum atomic E-state index is -0.264. The van der Waals surface area contributed by atoms with E-state index in [0.717, 1.165) is 11.1 Å². The van der Waals surface area contributed by atoms with Gasteiger partial charge >= 0.3 is 5.97 Å². The van der Waals surface area contributed by atoms with Crippen LogP contribution in [0.15, 0.2) is 29.4 Å². The van der Waals surface area contributed by atoms with Crippen molar-refractivity contribution in [1.82, 2.24) is 0 Å². The average molecular weight is 215 g/mol. The zero-order valence-electron chi connectivity index (χ0n) is 8.46. The number of esters is 1. The molecule has 0 atom stereocenters. The number of nitrogens with zero attached hydrogens (tertiary/aromatic N) is 3. The van der Waals surface area contributed by atoms with Crippen LogP contribution in [0.25, 0.3) is 16.5 Å². The Bertz CT molecular complexity index is 502. The van der Waals surface area contributed by atoms with E-state index in [1.54, 1.807) is 12.1 Å². The number of cyclic esters (lactones) is 1. The Morgan fingerprint density at radius 2 is 2.44 bits per heavy atom. The molecule has 0 radical (unpaired) electrons. The lowest BCUT2D eigenvalue weighted by Crippen LogP contribution is -1.92. The van der Waals surface area contributed by atoms with Crippen molar-refractivity contribution in [2.24, 2.45) is 5.11 Å². The van der Waals surface area contributed by atoms with Crippen molar-refractivity contribution in [3.63, 3.8) is 0 Å². The fourth-order valence-electron chi connectivity index (χ4n) is 1.53. The Balaban J connectivity index is 2.16. The number of azide groups is 1. The molecule has 0 N–H and O–H groups in total. The van der Waals surface area contributed by atoms with Gasteiger partial charge in [-0.15, -0.1) is 0 Å². The van der Waals surface area contributed by atoms with E-state index in [1.165, 1.54) is 0 Å². The molecule has 1 aromatic carbocycles. The predicted octanol–water partition coefficient (Wildman–Crippen LogP) is 2.68. The van der Waals surface area contributed by atoms with Crippen molar-refractivity contribution < 1.29 is 9.53 Å². The van der Waals surface area contributed by atoms with Gasteiger partial charge in [0.2, 0.25) is 0 Å². The second-order valence-corrected chi connectivity index (χ2v) is 3.31. The Morgan fingerprint density at radius 3 is 3.25 bits per heavy atom. The summed E-state index contributed by atoms with van der Waals surface area (Å²) < 4.78 is 4.89. The summed E-state index contributed by atoms with van der Waals surface area (Å²) in [4.78, 5) is 13.8. The first-order valence-electron chi connectivity index (χ1n) is 4.78. The van der Waals surface area contributed by atoms with E-state index in [1.807, 2.05) is 18.2 Å². The Hall–Kier alpha value is -2.26. The van der Waals surface area contributed by atoms with Crippen molar-refractivity contribution >= 4 is 12.0 Å². The number of hydrogen-bond acceptors (Lipinski definition) is 3. The maximum absolute atomic E-state index is 11.2. The standard InChI is InChI=1S/C11H9N3O2/c12-14-13-5-1-2-8-3-4-10-9(6-8)7-16-11(10)15/h1-4,6H,5,7H2. The summed E-state index contributed by atoms with van der Waals surface area (Å²) in [6.45, 7) is 0.662. The lowest BCUT2D eigenvalue weighted by molar-refractivity contribution is 0.0535. The van der Waals surface area contributed by atoms with E-state index in [4.69, 9.17) is 10.3 Å². The minimum absolute atomic E-state index is 0.264. The SMILES string of the molecule is [N-]=[N+]=NCC=Cc1ccc2c(c1)COC2=O. The third kappa shape index (κ3) is 2.04. The fourth-order valence-corrected chi connectivity index (χ4v) is 1.53. The third-order valence-electron chi connectivity index (χ3n) is 2.27. The molecule has 0 saturated carbocycles. The van der Waals surface area contributed by atoms with Gasteiger partial charge in [0.1, 0.15) is 6.61 Å². The van der Waals surface area contributed by atoms with E-state index in [9.17, 15) is 4.79 Å².